The highest BCUT2D eigenvalue weighted by atomic mass is 19.1. The van der Waals surface area contributed by atoms with Gasteiger partial charge in [0.25, 0.3) is 0 Å². The summed E-state index contributed by atoms with van der Waals surface area (Å²) >= 11 is 0. The zero-order valence-corrected chi connectivity index (χ0v) is 8.77. The standard InChI is InChI=1S/C11H11F2NO3/c12-8-3-6(4-9(13)7(8)5-14)11(17)10(16)1-2-15/h3-4,10-11,15-17H,1-2H2. The molecule has 2 atom stereocenters. The molecule has 1 aromatic rings. The molecule has 0 saturated heterocycles. The molecule has 0 bridgehead atoms. The molecule has 0 aliphatic heterocycles. The van der Waals surface area contributed by atoms with Gasteiger partial charge in [-0.3, -0.25) is 0 Å². The number of halogens is 2. The lowest BCUT2D eigenvalue weighted by atomic mass is 10.0. The molecule has 0 heterocycles. The van der Waals surface area contributed by atoms with Gasteiger partial charge in [0, 0.05) is 6.61 Å². The lowest BCUT2D eigenvalue weighted by Crippen LogP contribution is -2.20. The van der Waals surface area contributed by atoms with Crippen LogP contribution in [0.15, 0.2) is 12.1 Å². The second kappa shape index (κ2) is 5.68. The Morgan fingerprint density at radius 3 is 2.18 bits per heavy atom. The number of hydrogen-bond donors (Lipinski definition) is 3. The van der Waals surface area contributed by atoms with Crippen LogP contribution < -0.4 is 0 Å². The molecule has 6 heteroatoms. The average Bonchev–Trinajstić information content (AvgIpc) is 2.27. The molecule has 0 aromatic heterocycles. The predicted octanol–water partition coefficient (Wildman–Crippen LogP) is 0.613. The quantitative estimate of drug-likeness (QED) is 0.723. The van der Waals surface area contributed by atoms with Crippen LogP contribution in [0.5, 0.6) is 0 Å². The van der Waals surface area contributed by atoms with E-state index in [0.29, 0.717) is 0 Å². The van der Waals surface area contributed by atoms with E-state index in [9.17, 15) is 19.0 Å². The van der Waals surface area contributed by atoms with Gasteiger partial charge in [-0.1, -0.05) is 0 Å². The van der Waals surface area contributed by atoms with Gasteiger partial charge in [-0.25, -0.2) is 8.78 Å². The Balaban J connectivity index is 3.05. The van der Waals surface area contributed by atoms with Crippen molar-refractivity contribution >= 4 is 0 Å². The molecule has 1 aromatic carbocycles. The van der Waals surface area contributed by atoms with Crippen LogP contribution in [0, 0.1) is 23.0 Å². The minimum Gasteiger partial charge on any atom is -0.396 e. The minimum atomic E-state index is -1.51. The molecule has 0 amide bonds. The fraction of sp³-hybridized carbons (Fsp3) is 0.364. The fourth-order valence-electron chi connectivity index (χ4n) is 1.38. The topological polar surface area (TPSA) is 84.5 Å². The summed E-state index contributed by atoms with van der Waals surface area (Å²) in [6.45, 7) is -0.362. The Labute approximate surface area is 96.4 Å². The fourth-order valence-corrected chi connectivity index (χ4v) is 1.38. The van der Waals surface area contributed by atoms with Gasteiger partial charge in [0.15, 0.2) is 0 Å². The summed E-state index contributed by atoms with van der Waals surface area (Å²) in [5.74, 6) is -2.20. The second-order valence-electron chi connectivity index (χ2n) is 3.50. The van der Waals surface area contributed by atoms with Crippen molar-refractivity contribution in [1.29, 1.82) is 5.26 Å². The van der Waals surface area contributed by atoms with Crippen molar-refractivity contribution in [3.05, 3.63) is 34.9 Å². The van der Waals surface area contributed by atoms with Crippen molar-refractivity contribution in [2.75, 3.05) is 6.61 Å². The third-order valence-corrected chi connectivity index (χ3v) is 2.31. The van der Waals surface area contributed by atoms with Crippen molar-refractivity contribution in [1.82, 2.24) is 0 Å². The maximum Gasteiger partial charge on any atom is 0.144 e. The Kier molecular flexibility index (Phi) is 4.52. The van der Waals surface area contributed by atoms with Crippen LogP contribution in [-0.4, -0.2) is 28.0 Å². The van der Waals surface area contributed by atoms with Crippen LogP contribution >= 0.6 is 0 Å². The SMILES string of the molecule is N#Cc1c(F)cc(C(O)C(O)CCO)cc1F. The van der Waals surface area contributed by atoms with E-state index in [1.165, 1.54) is 6.07 Å². The van der Waals surface area contributed by atoms with E-state index in [1.54, 1.807) is 0 Å². The Bertz CT molecular complexity index is 422. The Morgan fingerprint density at radius 2 is 1.76 bits per heavy atom. The maximum absolute atomic E-state index is 13.2. The lowest BCUT2D eigenvalue weighted by molar-refractivity contribution is 0.00393. The van der Waals surface area contributed by atoms with E-state index in [1.807, 2.05) is 0 Å². The van der Waals surface area contributed by atoms with Crippen LogP contribution in [0.25, 0.3) is 0 Å². The van der Waals surface area contributed by atoms with E-state index in [2.05, 4.69) is 0 Å². The Hall–Kier alpha value is -1.55. The van der Waals surface area contributed by atoms with Gasteiger partial charge in [-0.15, -0.1) is 0 Å². The van der Waals surface area contributed by atoms with Crippen molar-refractivity contribution < 1.29 is 24.1 Å². The third-order valence-electron chi connectivity index (χ3n) is 2.31. The summed E-state index contributed by atoms with van der Waals surface area (Å²) in [7, 11) is 0. The molecular weight excluding hydrogens is 232 g/mol. The molecule has 0 aliphatic rings. The molecule has 92 valence electrons. The Morgan fingerprint density at radius 1 is 1.24 bits per heavy atom. The molecule has 0 saturated carbocycles. The zero-order chi connectivity index (χ0) is 13.0. The normalized spacial score (nSPS) is 14.1. The summed E-state index contributed by atoms with van der Waals surface area (Å²) in [5, 5.41) is 35.9. The average molecular weight is 243 g/mol. The lowest BCUT2D eigenvalue weighted by Gasteiger charge is -2.17. The van der Waals surface area contributed by atoms with E-state index in [4.69, 9.17) is 10.4 Å². The molecule has 1 rings (SSSR count). The number of aliphatic hydroxyl groups excluding tert-OH is 3. The highest BCUT2D eigenvalue weighted by molar-refractivity contribution is 5.36. The van der Waals surface area contributed by atoms with Crippen LogP contribution in [0.1, 0.15) is 23.7 Å². The van der Waals surface area contributed by atoms with Gasteiger partial charge in [-0.05, 0) is 24.1 Å². The predicted molar refractivity (Wildman–Crippen MR) is 53.7 cm³/mol. The van der Waals surface area contributed by atoms with Gasteiger partial charge in [0.05, 0.1) is 6.10 Å². The second-order valence-corrected chi connectivity index (χ2v) is 3.50. The summed E-state index contributed by atoms with van der Waals surface area (Å²) in [4.78, 5) is 0. The summed E-state index contributed by atoms with van der Waals surface area (Å²) < 4.78 is 26.4. The first kappa shape index (κ1) is 13.5. The number of aliphatic hydroxyl groups is 3. The number of benzene rings is 1. The van der Waals surface area contributed by atoms with Crippen molar-refractivity contribution in [3.8, 4) is 6.07 Å². The minimum absolute atomic E-state index is 0.121. The van der Waals surface area contributed by atoms with Crippen molar-refractivity contribution in [3.63, 3.8) is 0 Å². The molecule has 17 heavy (non-hydrogen) atoms. The van der Waals surface area contributed by atoms with Crippen LogP contribution in [0.4, 0.5) is 8.78 Å². The van der Waals surface area contributed by atoms with Gasteiger partial charge < -0.3 is 15.3 Å². The first-order valence-electron chi connectivity index (χ1n) is 4.87. The number of rotatable bonds is 4. The highest BCUT2D eigenvalue weighted by Crippen LogP contribution is 2.23. The van der Waals surface area contributed by atoms with Crippen molar-refractivity contribution in [2.24, 2.45) is 0 Å². The summed E-state index contributed by atoms with van der Waals surface area (Å²) in [6, 6.07) is 2.92. The van der Waals surface area contributed by atoms with E-state index in [0.717, 1.165) is 12.1 Å². The summed E-state index contributed by atoms with van der Waals surface area (Å²) in [6.07, 6.45) is -2.96. The zero-order valence-electron chi connectivity index (χ0n) is 8.77. The third kappa shape index (κ3) is 2.97. The highest BCUT2D eigenvalue weighted by Gasteiger charge is 2.21. The number of nitrogens with zero attached hydrogens (tertiary/aromatic N) is 1. The van der Waals surface area contributed by atoms with E-state index in [-0.39, 0.29) is 18.6 Å². The molecular formula is C11H11F2NO3. The number of hydrogen-bond acceptors (Lipinski definition) is 4. The van der Waals surface area contributed by atoms with E-state index >= 15 is 0 Å². The summed E-state index contributed by atoms with van der Waals surface area (Å²) in [5.41, 5.74) is -0.919. The van der Waals surface area contributed by atoms with Gasteiger partial charge in [0.1, 0.15) is 29.4 Å². The van der Waals surface area contributed by atoms with Gasteiger partial charge in [-0.2, -0.15) is 5.26 Å². The smallest absolute Gasteiger partial charge is 0.144 e. The maximum atomic E-state index is 13.2. The molecule has 0 radical (unpaired) electrons. The molecule has 0 spiro atoms. The molecule has 3 N–H and O–H groups in total. The molecule has 2 unspecified atom stereocenters. The molecule has 0 aliphatic carbocycles. The number of nitriles is 1. The first-order valence-corrected chi connectivity index (χ1v) is 4.87. The first-order chi connectivity index (χ1) is 8.01. The largest absolute Gasteiger partial charge is 0.396 e. The van der Waals surface area contributed by atoms with Gasteiger partial charge >= 0.3 is 0 Å². The van der Waals surface area contributed by atoms with Crippen LogP contribution in [0.2, 0.25) is 0 Å². The van der Waals surface area contributed by atoms with Crippen molar-refractivity contribution in [2.45, 2.75) is 18.6 Å². The molecule has 0 fully saturated rings. The molecule has 4 nitrogen and oxygen atoms in total. The van der Waals surface area contributed by atoms with E-state index < -0.39 is 29.4 Å². The van der Waals surface area contributed by atoms with Gasteiger partial charge in [0.2, 0.25) is 0 Å². The monoisotopic (exact) mass is 243 g/mol. The van der Waals surface area contributed by atoms with Crippen LogP contribution in [0.3, 0.4) is 0 Å². The van der Waals surface area contributed by atoms with Crippen LogP contribution in [-0.2, 0) is 0 Å².